The first kappa shape index (κ1) is 13.9. The highest BCUT2D eigenvalue weighted by atomic mass is 16.3. The van der Waals surface area contributed by atoms with Crippen molar-refractivity contribution >= 4 is 10.9 Å². The van der Waals surface area contributed by atoms with Gasteiger partial charge in [-0.3, -0.25) is 0 Å². The molecule has 0 amide bonds. The van der Waals surface area contributed by atoms with E-state index in [1.807, 2.05) is 18.3 Å². The third-order valence-electron chi connectivity index (χ3n) is 3.53. The molecule has 0 saturated heterocycles. The molecule has 0 unspecified atom stereocenters. The maximum absolute atomic E-state index is 9.98. The molecule has 2 aromatic rings. The molecule has 1 aromatic heterocycles. The number of aromatic hydroxyl groups is 1. The molecule has 0 aliphatic rings. The molecule has 0 atom stereocenters. The fourth-order valence-electron chi connectivity index (χ4n) is 2.61. The van der Waals surface area contributed by atoms with Crippen molar-refractivity contribution < 1.29 is 5.11 Å². The van der Waals surface area contributed by atoms with Crippen molar-refractivity contribution in [1.29, 1.82) is 0 Å². The zero-order chi connectivity index (χ0) is 13.8. The van der Waals surface area contributed by atoms with Gasteiger partial charge in [-0.25, -0.2) is 0 Å². The third-order valence-corrected chi connectivity index (χ3v) is 3.53. The molecule has 0 radical (unpaired) electrons. The number of phenolic OH excluding ortho intramolecular Hbond substituents is 1. The summed E-state index contributed by atoms with van der Waals surface area (Å²) in [6.07, 6.45) is 2.99. The van der Waals surface area contributed by atoms with Gasteiger partial charge in [0.25, 0.3) is 0 Å². The lowest BCUT2D eigenvalue weighted by Crippen LogP contribution is -2.29. The van der Waals surface area contributed by atoms with Crippen LogP contribution in [0.2, 0.25) is 0 Å². The second-order valence-electron chi connectivity index (χ2n) is 5.55. The van der Waals surface area contributed by atoms with E-state index in [1.165, 1.54) is 5.56 Å². The topological polar surface area (TPSA) is 39.3 Å². The quantitative estimate of drug-likeness (QED) is 0.835. The number of rotatable bonds is 6. The van der Waals surface area contributed by atoms with Crippen LogP contribution in [0.5, 0.6) is 5.75 Å². The molecule has 104 valence electrons. The van der Waals surface area contributed by atoms with Gasteiger partial charge in [-0.15, -0.1) is 0 Å². The Kier molecular flexibility index (Phi) is 4.48. The first-order valence-electron chi connectivity index (χ1n) is 7.12. The van der Waals surface area contributed by atoms with E-state index < -0.39 is 0 Å². The number of benzene rings is 1. The molecule has 0 saturated carbocycles. The van der Waals surface area contributed by atoms with Crippen molar-refractivity contribution in [2.75, 3.05) is 19.6 Å². The standard InChI is InChI=1S/C16H24N2O/c1-4-18(11-12(2)3)9-8-13-10-17-14-6-5-7-15(19)16(13)14/h5-7,10,12,17,19H,4,8-9,11H2,1-3H3. The number of hydrogen-bond donors (Lipinski definition) is 2. The van der Waals surface area contributed by atoms with Crippen LogP contribution in [0.1, 0.15) is 26.3 Å². The molecule has 0 fully saturated rings. The van der Waals surface area contributed by atoms with E-state index in [-0.39, 0.29) is 0 Å². The molecular weight excluding hydrogens is 236 g/mol. The van der Waals surface area contributed by atoms with Crippen molar-refractivity contribution in [2.45, 2.75) is 27.2 Å². The molecule has 2 N–H and O–H groups in total. The lowest BCUT2D eigenvalue weighted by atomic mass is 10.1. The van der Waals surface area contributed by atoms with Crippen LogP contribution in [0.25, 0.3) is 10.9 Å². The minimum absolute atomic E-state index is 0.376. The van der Waals surface area contributed by atoms with Crippen molar-refractivity contribution in [3.63, 3.8) is 0 Å². The van der Waals surface area contributed by atoms with Gasteiger partial charge in [0, 0.05) is 30.2 Å². The van der Waals surface area contributed by atoms with Gasteiger partial charge in [-0.1, -0.05) is 26.8 Å². The summed E-state index contributed by atoms with van der Waals surface area (Å²) >= 11 is 0. The van der Waals surface area contributed by atoms with Crippen LogP contribution >= 0.6 is 0 Å². The zero-order valence-corrected chi connectivity index (χ0v) is 12.1. The smallest absolute Gasteiger partial charge is 0.125 e. The second kappa shape index (κ2) is 6.11. The summed E-state index contributed by atoms with van der Waals surface area (Å²) in [5.41, 5.74) is 2.22. The second-order valence-corrected chi connectivity index (χ2v) is 5.55. The molecule has 1 aromatic carbocycles. The van der Waals surface area contributed by atoms with Crippen molar-refractivity contribution in [3.05, 3.63) is 30.0 Å². The molecular formula is C16H24N2O. The van der Waals surface area contributed by atoms with Gasteiger partial charge < -0.3 is 15.0 Å². The lowest BCUT2D eigenvalue weighted by Gasteiger charge is -2.22. The van der Waals surface area contributed by atoms with Crippen LogP contribution in [0.15, 0.2) is 24.4 Å². The number of aromatic nitrogens is 1. The number of H-pyrrole nitrogens is 1. The van der Waals surface area contributed by atoms with Gasteiger partial charge in [0.15, 0.2) is 0 Å². The van der Waals surface area contributed by atoms with E-state index in [0.717, 1.165) is 37.0 Å². The highest BCUT2D eigenvalue weighted by Gasteiger charge is 2.10. The largest absolute Gasteiger partial charge is 0.507 e. The molecule has 3 heteroatoms. The molecule has 1 heterocycles. The number of phenols is 1. The predicted molar refractivity (Wildman–Crippen MR) is 80.6 cm³/mol. The first-order valence-corrected chi connectivity index (χ1v) is 7.12. The fraction of sp³-hybridized carbons (Fsp3) is 0.500. The normalized spacial score (nSPS) is 11.8. The maximum Gasteiger partial charge on any atom is 0.125 e. The summed E-state index contributed by atoms with van der Waals surface area (Å²) in [5, 5.41) is 11.0. The van der Waals surface area contributed by atoms with E-state index in [0.29, 0.717) is 11.7 Å². The van der Waals surface area contributed by atoms with E-state index in [2.05, 4.69) is 30.7 Å². The summed E-state index contributed by atoms with van der Waals surface area (Å²) in [5.74, 6) is 1.07. The molecule has 0 aliphatic carbocycles. The van der Waals surface area contributed by atoms with Crippen LogP contribution in [-0.2, 0) is 6.42 Å². The Balaban J connectivity index is 2.09. The van der Waals surface area contributed by atoms with Crippen LogP contribution in [-0.4, -0.2) is 34.6 Å². The van der Waals surface area contributed by atoms with Crippen LogP contribution in [0, 0.1) is 5.92 Å². The molecule has 3 nitrogen and oxygen atoms in total. The van der Waals surface area contributed by atoms with Gasteiger partial charge in [-0.05, 0) is 36.6 Å². The van der Waals surface area contributed by atoms with Crippen molar-refractivity contribution in [2.24, 2.45) is 5.92 Å². The molecule has 2 rings (SSSR count). The summed E-state index contributed by atoms with van der Waals surface area (Å²) in [6, 6.07) is 5.63. The van der Waals surface area contributed by atoms with Crippen LogP contribution in [0.4, 0.5) is 0 Å². The van der Waals surface area contributed by atoms with E-state index >= 15 is 0 Å². The Bertz CT molecular complexity index is 531. The minimum atomic E-state index is 0.376. The maximum atomic E-state index is 9.98. The summed E-state index contributed by atoms with van der Waals surface area (Å²) in [6.45, 7) is 9.95. The molecule has 0 bridgehead atoms. The summed E-state index contributed by atoms with van der Waals surface area (Å²) in [4.78, 5) is 5.69. The van der Waals surface area contributed by atoms with Gasteiger partial charge in [0.05, 0.1) is 0 Å². The highest BCUT2D eigenvalue weighted by Crippen LogP contribution is 2.27. The molecule has 0 spiro atoms. The number of likely N-dealkylation sites (N-methyl/N-ethyl adjacent to an activating group) is 1. The number of aromatic amines is 1. The average molecular weight is 260 g/mol. The monoisotopic (exact) mass is 260 g/mol. The Labute approximate surface area is 115 Å². The third kappa shape index (κ3) is 3.29. The summed E-state index contributed by atoms with van der Waals surface area (Å²) < 4.78 is 0. The molecule has 19 heavy (non-hydrogen) atoms. The number of hydrogen-bond acceptors (Lipinski definition) is 2. The Hall–Kier alpha value is -1.48. The highest BCUT2D eigenvalue weighted by molar-refractivity contribution is 5.88. The first-order chi connectivity index (χ1) is 9.11. The zero-order valence-electron chi connectivity index (χ0n) is 12.1. The van der Waals surface area contributed by atoms with E-state index in [4.69, 9.17) is 0 Å². The predicted octanol–water partition coefficient (Wildman–Crippen LogP) is 3.39. The number of nitrogens with zero attached hydrogens (tertiary/aromatic N) is 1. The lowest BCUT2D eigenvalue weighted by molar-refractivity contribution is 0.259. The SMILES string of the molecule is CCN(CCc1c[nH]c2cccc(O)c12)CC(C)C. The van der Waals surface area contributed by atoms with Gasteiger partial charge in [-0.2, -0.15) is 0 Å². The van der Waals surface area contributed by atoms with Crippen molar-refractivity contribution in [1.82, 2.24) is 9.88 Å². The average Bonchev–Trinajstić information content (AvgIpc) is 2.78. The number of nitrogens with one attached hydrogen (secondary N) is 1. The van der Waals surface area contributed by atoms with Gasteiger partial charge in [0.2, 0.25) is 0 Å². The van der Waals surface area contributed by atoms with Crippen molar-refractivity contribution in [3.8, 4) is 5.75 Å². The van der Waals surface area contributed by atoms with Gasteiger partial charge in [0.1, 0.15) is 5.75 Å². The Morgan fingerprint density at radius 3 is 2.79 bits per heavy atom. The minimum Gasteiger partial charge on any atom is -0.507 e. The fourth-order valence-corrected chi connectivity index (χ4v) is 2.61. The Morgan fingerprint density at radius 2 is 2.11 bits per heavy atom. The van der Waals surface area contributed by atoms with Crippen LogP contribution < -0.4 is 0 Å². The van der Waals surface area contributed by atoms with Gasteiger partial charge >= 0.3 is 0 Å². The van der Waals surface area contributed by atoms with E-state index in [9.17, 15) is 5.11 Å². The molecule has 0 aliphatic heterocycles. The summed E-state index contributed by atoms with van der Waals surface area (Å²) in [7, 11) is 0. The Morgan fingerprint density at radius 1 is 1.32 bits per heavy atom. The van der Waals surface area contributed by atoms with Crippen LogP contribution in [0.3, 0.4) is 0 Å². The number of fused-ring (bicyclic) bond motifs is 1. The van der Waals surface area contributed by atoms with E-state index in [1.54, 1.807) is 6.07 Å².